The minimum absolute atomic E-state index is 0.133. The van der Waals surface area contributed by atoms with E-state index in [-0.39, 0.29) is 11.2 Å². The molecule has 0 saturated carbocycles. The average Bonchev–Trinajstić information content (AvgIpc) is 2.29. The van der Waals surface area contributed by atoms with Gasteiger partial charge in [0.1, 0.15) is 0 Å². The van der Waals surface area contributed by atoms with Crippen LogP contribution in [0.2, 0.25) is 0 Å². The Balaban J connectivity index is 3.11. The fourth-order valence-corrected chi connectivity index (χ4v) is 1.95. The van der Waals surface area contributed by atoms with E-state index in [0.29, 0.717) is 5.75 Å². The Kier molecular flexibility index (Phi) is 2.42. The molecule has 0 aromatic carbocycles. The summed E-state index contributed by atoms with van der Waals surface area (Å²) >= 11 is 1.41. The van der Waals surface area contributed by atoms with Crippen LogP contribution in [-0.4, -0.2) is 7.11 Å². The summed E-state index contributed by atoms with van der Waals surface area (Å²) < 4.78 is 18.3. The van der Waals surface area contributed by atoms with Crippen LogP contribution in [0.5, 0.6) is 5.75 Å². The third-order valence-corrected chi connectivity index (χ3v) is 2.96. The molecule has 0 bridgehead atoms. The second-order valence-electron chi connectivity index (χ2n) is 3.70. The number of thiophene rings is 1. The van der Waals surface area contributed by atoms with Gasteiger partial charge in [0.25, 0.3) is 0 Å². The van der Waals surface area contributed by atoms with Crippen molar-refractivity contribution in [1.82, 2.24) is 0 Å². The Morgan fingerprint density at radius 2 is 2.00 bits per heavy atom. The lowest BCUT2D eigenvalue weighted by atomic mass is 9.94. The van der Waals surface area contributed by atoms with E-state index < -0.39 is 0 Å². The Morgan fingerprint density at radius 3 is 2.25 bits per heavy atom. The van der Waals surface area contributed by atoms with E-state index in [9.17, 15) is 4.39 Å². The highest BCUT2D eigenvalue weighted by atomic mass is 32.1. The van der Waals surface area contributed by atoms with E-state index in [1.807, 2.05) is 20.8 Å². The topological polar surface area (TPSA) is 9.23 Å². The number of ether oxygens (including phenoxy) is 1. The van der Waals surface area contributed by atoms with Gasteiger partial charge in [-0.2, -0.15) is 0 Å². The molecule has 0 aliphatic rings. The number of methoxy groups -OCH3 is 1. The van der Waals surface area contributed by atoms with E-state index in [2.05, 4.69) is 0 Å². The van der Waals surface area contributed by atoms with Crippen molar-refractivity contribution in [2.45, 2.75) is 26.2 Å². The van der Waals surface area contributed by atoms with Gasteiger partial charge >= 0.3 is 0 Å². The molecule has 1 aromatic heterocycles. The van der Waals surface area contributed by atoms with E-state index in [4.69, 9.17) is 4.74 Å². The van der Waals surface area contributed by atoms with Gasteiger partial charge in [0.05, 0.1) is 7.11 Å². The smallest absolute Gasteiger partial charge is 0.179 e. The lowest BCUT2D eigenvalue weighted by Crippen LogP contribution is -2.10. The average molecular weight is 188 g/mol. The van der Waals surface area contributed by atoms with Crippen molar-refractivity contribution < 1.29 is 9.13 Å². The zero-order valence-corrected chi connectivity index (χ0v) is 8.59. The fraction of sp³-hybridized carbons (Fsp3) is 0.556. The number of hydrogen-bond donors (Lipinski definition) is 0. The molecule has 0 saturated heterocycles. The Bertz CT molecular complexity index is 273. The molecule has 0 N–H and O–H groups in total. The van der Waals surface area contributed by atoms with Crippen molar-refractivity contribution in [2.24, 2.45) is 0 Å². The highest BCUT2D eigenvalue weighted by Gasteiger charge is 2.23. The first-order valence-corrected chi connectivity index (χ1v) is 4.66. The van der Waals surface area contributed by atoms with Gasteiger partial charge in [-0.15, -0.1) is 11.3 Å². The number of halogens is 1. The first-order chi connectivity index (χ1) is 5.46. The summed E-state index contributed by atoms with van der Waals surface area (Å²) in [6.07, 6.45) is 0. The zero-order chi connectivity index (χ0) is 9.35. The highest BCUT2D eigenvalue weighted by molar-refractivity contribution is 7.10. The summed E-state index contributed by atoms with van der Waals surface area (Å²) in [7, 11) is 1.48. The maximum Gasteiger partial charge on any atom is 0.179 e. The summed E-state index contributed by atoms with van der Waals surface area (Å²) in [5.74, 6) is 0.139. The molecule has 1 rings (SSSR count). The quantitative estimate of drug-likeness (QED) is 0.657. The molecule has 1 heterocycles. The molecule has 0 unspecified atom stereocenters. The largest absolute Gasteiger partial charge is 0.493 e. The van der Waals surface area contributed by atoms with Gasteiger partial charge in [-0.1, -0.05) is 20.8 Å². The van der Waals surface area contributed by atoms with E-state index in [0.717, 1.165) is 4.88 Å². The molecule has 3 heteroatoms. The third-order valence-electron chi connectivity index (χ3n) is 1.60. The summed E-state index contributed by atoms with van der Waals surface area (Å²) in [6, 6.07) is 0. The molecular formula is C9H13FOS. The van der Waals surface area contributed by atoms with Crippen LogP contribution in [0.3, 0.4) is 0 Å². The molecule has 0 aliphatic carbocycles. The van der Waals surface area contributed by atoms with Gasteiger partial charge in [-0.25, -0.2) is 4.39 Å². The monoisotopic (exact) mass is 188 g/mol. The van der Waals surface area contributed by atoms with E-state index >= 15 is 0 Å². The Morgan fingerprint density at radius 1 is 1.42 bits per heavy atom. The Hall–Kier alpha value is -0.570. The second kappa shape index (κ2) is 3.05. The molecule has 1 nitrogen and oxygen atoms in total. The van der Waals surface area contributed by atoms with Crippen LogP contribution in [0.25, 0.3) is 0 Å². The van der Waals surface area contributed by atoms with Gasteiger partial charge in [-0.3, -0.25) is 0 Å². The molecule has 0 radical (unpaired) electrons. The molecule has 0 spiro atoms. The molecule has 1 aromatic rings. The van der Waals surface area contributed by atoms with Crippen LogP contribution in [0, 0.1) is 5.82 Å². The van der Waals surface area contributed by atoms with Crippen LogP contribution in [-0.2, 0) is 5.41 Å². The van der Waals surface area contributed by atoms with Gasteiger partial charge in [0, 0.05) is 10.3 Å². The predicted octanol–water partition coefficient (Wildman–Crippen LogP) is 3.19. The van der Waals surface area contributed by atoms with Crippen molar-refractivity contribution in [3.63, 3.8) is 0 Å². The predicted molar refractivity (Wildman–Crippen MR) is 49.5 cm³/mol. The van der Waals surface area contributed by atoms with Gasteiger partial charge in [0.15, 0.2) is 11.6 Å². The Labute approximate surface area is 76.2 Å². The first-order valence-electron chi connectivity index (χ1n) is 3.78. The summed E-state index contributed by atoms with van der Waals surface area (Å²) in [5, 5.41) is 1.70. The van der Waals surface area contributed by atoms with Gasteiger partial charge in [-0.05, 0) is 5.41 Å². The molecule has 0 fully saturated rings. The van der Waals surface area contributed by atoms with Crippen molar-refractivity contribution in [2.75, 3.05) is 7.11 Å². The lowest BCUT2D eigenvalue weighted by molar-refractivity contribution is 0.384. The van der Waals surface area contributed by atoms with E-state index in [1.54, 1.807) is 5.38 Å². The first kappa shape index (κ1) is 9.52. The molecule has 68 valence electrons. The minimum Gasteiger partial charge on any atom is -0.493 e. The molecular weight excluding hydrogens is 175 g/mol. The summed E-state index contributed by atoms with van der Waals surface area (Å²) in [4.78, 5) is 0.749. The van der Waals surface area contributed by atoms with Crippen molar-refractivity contribution in [3.05, 3.63) is 16.1 Å². The molecule has 0 aliphatic heterocycles. The maximum absolute atomic E-state index is 13.4. The summed E-state index contributed by atoms with van der Waals surface area (Å²) in [5.41, 5.74) is -0.133. The SMILES string of the molecule is COc1csc(C(C)(C)C)c1F. The molecule has 0 amide bonds. The minimum atomic E-state index is -0.213. The number of rotatable bonds is 1. The normalized spacial score (nSPS) is 11.8. The van der Waals surface area contributed by atoms with Gasteiger partial charge in [0.2, 0.25) is 0 Å². The van der Waals surface area contributed by atoms with Crippen molar-refractivity contribution in [1.29, 1.82) is 0 Å². The van der Waals surface area contributed by atoms with Crippen LogP contribution in [0.1, 0.15) is 25.6 Å². The van der Waals surface area contributed by atoms with Gasteiger partial charge < -0.3 is 4.74 Å². The molecule has 12 heavy (non-hydrogen) atoms. The summed E-state index contributed by atoms with van der Waals surface area (Å²) in [6.45, 7) is 5.96. The van der Waals surface area contributed by atoms with Crippen LogP contribution in [0.15, 0.2) is 5.38 Å². The molecule has 0 atom stereocenters. The lowest BCUT2D eigenvalue weighted by Gasteiger charge is -2.15. The zero-order valence-electron chi connectivity index (χ0n) is 7.77. The highest BCUT2D eigenvalue weighted by Crippen LogP contribution is 2.35. The maximum atomic E-state index is 13.4. The van der Waals surface area contributed by atoms with Crippen molar-refractivity contribution >= 4 is 11.3 Å². The third kappa shape index (κ3) is 1.61. The van der Waals surface area contributed by atoms with Crippen molar-refractivity contribution in [3.8, 4) is 5.75 Å². The van der Waals surface area contributed by atoms with E-state index in [1.165, 1.54) is 18.4 Å². The standard InChI is InChI=1S/C9H13FOS/c1-9(2,3)8-7(10)6(11-4)5-12-8/h5H,1-4H3. The number of hydrogen-bond acceptors (Lipinski definition) is 2. The second-order valence-corrected chi connectivity index (χ2v) is 4.58. The van der Waals surface area contributed by atoms with Crippen LogP contribution >= 0.6 is 11.3 Å². The van der Waals surface area contributed by atoms with Crippen LogP contribution in [0.4, 0.5) is 4.39 Å². The fourth-order valence-electron chi connectivity index (χ4n) is 0.972. The van der Waals surface area contributed by atoms with Crippen LogP contribution < -0.4 is 4.74 Å².